The van der Waals surface area contributed by atoms with E-state index in [1.165, 1.54) is 9.75 Å². The van der Waals surface area contributed by atoms with Gasteiger partial charge in [0.25, 0.3) is 0 Å². The highest BCUT2D eigenvalue weighted by Crippen LogP contribution is 2.35. The highest BCUT2D eigenvalue weighted by atomic mass is 32.2. The molecule has 0 aromatic carbocycles. The van der Waals surface area contributed by atoms with E-state index >= 15 is 0 Å². The lowest BCUT2D eigenvalue weighted by atomic mass is 10.1. The topological polar surface area (TPSA) is 53.5 Å². The molecule has 0 spiro atoms. The van der Waals surface area contributed by atoms with Crippen molar-refractivity contribution in [3.05, 3.63) is 38.0 Å². The molecule has 0 amide bonds. The molecule has 2 aliphatic rings. The van der Waals surface area contributed by atoms with Crippen LogP contribution < -0.4 is 0 Å². The first-order valence-corrected chi connectivity index (χ1v) is 11.3. The van der Waals surface area contributed by atoms with Gasteiger partial charge < -0.3 is 0 Å². The third-order valence-corrected chi connectivity index (χ3v) is 8.92. The zero-order valence-corrected chi connectivity index (χ0v) is 16.3. The molecular formula is C16H21N3O2S3. The fourth-order valence-electron chi connectivity index (χ4n) is 3.73. The number of aryl methyl sites for hydroxylation is 2. The van der Waals surface area contributed by atoms with E-state index in [2.05, 4.69) is 28.9 Å². The molecule has 0 aliphatic carbocycles. The Hall–Kier alpha value is -0.800. The number of likely N-dealkylation sites (tertiary alicyclic amines) is 1. The molecule has 0 N–H and O–H groups in total. The molecule has 2 atom stereocenters. The molecule has 5 nitrogen and oxygen atoms in total. The minimum Gasteiger partial charge on any atom is -0.297 e. The first-order valence-electron chi connectivity index (χ1n) is 8.09. The van der Waals surface area contributed by atoms with Crippen molar-refractivity contribution in [2.45, 2.75) is 32.2 Å². The number of aromatic nitrogens is 1. The summed E-state index contributed by atoms with van der Waals surface area (Å²) in [5, 5.41) is 2.70. The Labute approximate surface area is 151 Å². The lowest BCUT2D eigenvalue weighted by molar-refractivity contribution is 0.296. The Morgan fingerprint density at radius 1 is 1.21 bits per heavy atom. The highest BCUT2D eigenvalue weighted by Gasteiger charge is 2.50. The fourth-order valence-corrected chi connectivity index (χ4v) is 7.42. The lowest BCUT2D eigenvalue weighted by Crippen LogP contribution is -2.34. The van der Waals surface area contributed by atoms with Gasteiger partial charge in [-0.1, -0.05) is 0 Å². The summed E-state index contributed by atoms with van der Waals surface area (Å²) in [6.07, 6.45) is 0. The zero-order chi connectivity index (χ0) is 16.9. The largest absolute Gasteiger partial charge is 0.297 e. The maximum Gasteiger partial charge on any atom is 0.218 e. The van der Waals surface area contributed by atoms with E-state index in [0.717, 1.165) is 23.8 Å². The van der Waals surface area contributed by atoms with Crippen LogP contribution in [0.2, 0.25) is 0 Å². The molecule has 2 fully saturated rings. The smallest absolute Gasteiger partial charge is 0.218 e. The van der Waals surface area contributed by atoms with Gasteiger partial charge in [0, 0.05) is 47.2 Å². The first kappa shape index (κ1) is 16.7. The molecule has 2 aromatic heterocycles. The van der Waals surface area contributed by atoms with Crippen molar-refractivity contribution < 1.29 is 8.42 Å². The molecule has 0 unspecified atom stereocenters. The van der Waals surface area contributed by atoms with E-state index in [-0.39, 0.29) is 11.2 Å². The van der Waals surface area contributed by atoms with Crippen LogP contribution in [0.1, 0.15) is 20.5 Å². The second kappa shape index (κ2) is 6.17. The van der Waals surface area contributed by atoms with Crippen molar-refractivity contribution in [3.8, 4) is 0 Å². The Morgan fingerprint density at radius 3 is 2.67 bits per heavy atom. The van der Waals surface area contributed by atoms with E-state index in [9.17, 15) is 8.42 Å². The second-order valence-electron chi connectivity index (χ2n) is 6.70. The van der Waals surface area contributed by atoms with Crippen LogP contribution in [0.5, 0.6) is 0 Å². The van der Waals surface area contributed by atoms with Crippen LogP contribution in [0.15, 0.2) is 17.5 Å². The fraction of sp³-hybridized carbons (Fsp3) is 0.562. The predicted molar refractivity (Wildman–Crippen MR) is 97.8 cm³/mol. The summed E-state index contributed by atoms with van der Waals surface area (Å²) in [6, 6.07) is 4.28. The molecule has 2 aliphatic heterocycles. The number of thiophene rings is 1. The van der Waals surface area contributed by atoms with Gasteiger partial charge in [-0.15, -0.1) is 22.7 Å². The van der Waals surface area contributed by atoms with Crippen LogP contribution in [0.4, 0.5) is 0 Å². The summed E-state index contributed by atoms with van der Waals surface area (Å²) in [5.74, 6) is 0.218. The number of hydrogen-bond acceptors (Lipinski definition) is 6. The van der Waals surface area contributed by atoms with Crippen LogP contribution >= 0.6 is 22.7 Å². The number of hydrogen-bond donors (Lipinski definition) is 0. The van der Waals surface area contributed by atoms with Gasteiger partial charge in [-0.05, 0) is 26.0 Å². The standard InChI is InChI=1S/C16H21N3O2S3/c1-11-3-4-15(23-11)8-18-5-13-6-19(24(20,21)16(13)9-18)7-14-10-22-12(2)17-14/h3-4,10,13,16H,5-9H2,1-2H3/t13-,16-/m0/s1. The Morgan fingerprint density at radius 2 is 2.04 bits per heavy atom. The second-order valence-corrected chi connectivity index (χ2v) is 11.3. The molecule has 24 heavy (non-hydrogen) atoms. The van der Waals surface area contributed by atoms with E-state index in [1.807, 2.05) is 12.3 Å². The van der Waals surface area contributed by atoms with Crippen LogP contribution in [-0.4, -0.2) is 47.5 Å². The summed E-state index contributed by atoms with van der Waals surface area (Å²) in [5.41, 5.74) is 0.868. The molecule has 0 saturated carbocycles. The average Bonchev–Trinajstić information content (AvgIpc) is 3.23. The highest BCUT2D eigenvalue weighted by molar-refractivity contribution is 7.90. The lowest BCUT2D eigenvalue weighted by Gasteiger charge is -2.20. The van der Waals surface area contributed by atoms with Gasteiger partial charge in [0.05, 0.1) is 22.5 Å². The molecular weight excluding hydrogens is 362 g/mol. The van der Waals surface area contributed by atoms with Gasteiger partial charge in [0.15, 0.2) is 0 Å². The van der Waals surface area contributed by atoms with Gasteiger partial charge in [-0.25, -0.2) is 13.4 Å². The summed E-state index contributed by atoms with van der Waals surface area (Å²) >= 11 is 3.37. The molecule has 2 saturated heterocycles. The van der Waals surface area contributed by atoms with Crippen molar-refractivity contribution in [2.24, 2.45) is 5.92 Å². The van der Waals surface area contributed by atoms with Crippen LogP contribution in [0, 0.1) is 19.8 Å². The number of fused-ring (bicyclic) bond motifs is 1. The predicted octanol–water partition coefficient (Wildman–Crippen LogP) is 2.47. The van der Waals surface area contributed by atoms with E-state index in [0.29, 0.717) is 19.6 Å². The molecule has 8 heteroatoms. The summed E-state index contributed by atoms with van der Waals surface area (Å²) in [7, 11) is -3.21. The molecule has 4 heterocycles. The van der Waals surface area contributed by atoms with Crippen molar-refractivity contribution in [2.75, 3.05) is 19.6 Å². The Kier molecular flexibility index (Phi) is 4.29. The van der Waals surface area contributed by atoms with Gasteiger partial charge in [0.1, 0.15) is 0 Å². The molecule has 2 aromatic rings. The van der Waals surface area contributed by atoms with Gasteiger partial charge in [-0.2, -0.15) is 4.31 Å². The van der Waals surface area contributed by atoms with Crippen molar-refractivity contribution >= 4 is 32.7 Å². The van der Waals surface area contributed by atoms with Crippen molar-refractivity contribution in [1.82, 2.24) is 14.2 Å². The Bertz CT molecular complexity index is 842. The molecule has 0 bridgehead atoms. The molecule has 0 radical (unpaired) electrons. The minimum absolute atomic E-state index is 0.218. The van der Waals surface area contributed by atoms with Gasteiger partial charge in [-0.3, -0.25) is 4.90 Å². The van der Waals surface area contributed by atoms with Gasteiger partial charge >= 0.3 is 0 Å². The molecule has 130 valence electrons. The number of nitrogens with zero attached hydrogens (tertiary/aromatic N) is 3. The van der Waals surface area contributed by atoms with Crippen molar-refractivity contribution in [3.63, 3.8) is 0 Å². The zero-order valence-electron chi connectivity index (χ0n) is 13.8. The quantitative estimate of drug-likeness (QED) is 0.814. The monoisotopic (exact) mass is 383 g/mol. The van der Waals surface area contributed by atoms with Crippen LogP contribution in [-0.2, 0) is 23.1 Å². The summed E-state index contributed by atoms with van der Waals surface area (Å²) in [4.78, 5) is 9.33. The van der Waals surface area contributed by atoms with Crippen molar-refractivity contribution in [1.29, 1.82) is 0 Å². The van der Waals surface area contributed by atoms with Gasteiger partial charge in [0.2, 0.25) is 10.0 Å². The van der Waals surface area contributed by atoms with E-state index in [1.54, 1.807) is 27.0 Å². The maximum atomic E-state index is 12.9. The number of thiazole rings is 1. The normalized spacial score (nSPS) is 26.9. The van der Waals surface area contributed by atoms with E-state index < -0.39 is 10.0 Å². The van der Waals surface area contributed by atoms with E-state index in [4.69, 9.17) is 0 Å². The van der Waals surface area contributed by atoms with Crippen LogP contribution in [0.25, 0.3) is 0 Å². The first-order chi connectivity index (χ1) is 11.4. The summed E-state index contributed by atoms with van der Waals surface area (Å²) in [6.45, 7) is 7.49. The average molecular weight is 384 g/mol. The van der Waals surface area contributed by atoms with Crippen LogP contribution in [0.3, 0.4) is 0 Å². The number of rotatable bonds is 4. The number of sulfonamides is 1. The SMILES string of the molecule is Cc1ccc(CN2C[C@H]3CN(Cc4csc(C)n4)S(=O)(=O)[C@H]3C2)s1. The third kappa shape index (κ3) is 3.06. The summed E-state index contributed by atoms with van der Waals surface area (Å²) < 4.78 is 27.4. The Balaban J connectivity index is 1.44. The third-order valence-electron chi connectivity index (χ3n) is 4.82. The maximum absolute atomic E-state index is 12.9. The molecule has 4 rings (SSSR count). The minimum atomic E-state index is -3.21.